The molecule has 1 heterocycles. The van der Waals surface area contributed by atoms with Gasteiger partial charge in [0, 0.05) is 18.0 Å². The van der Waals surface area contributed by atoms with E-state index in [9.17, 15) is 14.4 Å². The number of rotatable bonds is 7. The van der Waals surface area contributed by atoms with Crippen molar-refractivity contribution in [2.75, 3.05) is 13.2 Å². The highest BCUT2D eigenvalue weighted by atomic mass is 16.6. The summed E-state index contributed by atoms with van der Waals surface area (Å²) in [5, 5.41) is 3.19. The Hall–Kier alpha value is -3.61. The van der Waals surface area contributed by atoms with Crippen molar-refractivity contribution >= 4 is 22.8 Å². The Morgan fingerprint density at radius 2 is 1.77 bits per heavy atom. The van der Waals surface area contributed by atoms with Crippen LogP contribution in [-0.4, -0.2) is 25.0 Å². The van der Waals surface area contributed by atoms with Crippen LogP contribution in [-0.2, 0) is 4.79 Å². The monoisotopic (exact) mass is 409 g/mol. The summed E-state index contributed by atoms with van der Waals surface area (Å²) in [5.74, 6) is -0.284. The zero-order chi connectivity index (χ0) is 21.7. The molecule has 0 spiro atoms. The minimum Gasteiger partial charge on any atom is -0.482 e. The molecule has 0 atom stereocenters. The lowest BCUT2D eigenvalue weighted by atomic mass is 10.1. The first-order valence-corrected chi connectivity index (χ1v) is 9.64. The van der Waals surface area contributed by atoms with Gasteiger partial charge < -0.3 is 19.2 Å². The Labute approximate surface area is 173 Å². The van der Waals surface area contributed by atoms with E-state index in [1.54, 1.807) is 18.2 Å². The molecule has 1 N–H and O–H groups in total. The van der Waals surface area contributed by atoms with E-state index in [0.717, 1.165) is 17.5 Å². The van der Waals surface area contributed by atoms with Crippen LogP contribution in [0.25, 0.3) is 11.0 Å². The van der Waals surface area contributed by atoms with Gasteiger partial charge in [-0.1, -0.05) is 13.0 Å². The predicted molar refractivity (Wildman–Crippen MR) is 112 cm³/mol. The Balaban J connectivity index is 1.69. The molecule has 0 unspecified atom stereocenters. The topological polar surface area (TPSA) is 94.8 Å². The summed E-state index contributed by atoms with van der Waals surface area (Å²) in [6, 6.07) is 11.6. The molecule has 0 bridgehead atoms. The highest BCUT2D eigenvalue weighted by Crippen LogP contribution is 2.21. The fraction of sp³-hybridized carbons (Fsp3) is 0.261. The molecule has 3 rings (SSSR count). The Bertz CT molecular complexity index is 1150. The molecule has 0 saturated carbocycles. The second kappa shape index (κ2) is 9.26. The normalized spacial score (nSPS) is 10.6. The highest BCUT2D eigenvalue weighted by Gasteiger charge is 2.14. The quantitative estimate of drug-likeness (QED) is 0.364. The van der Waals surface area contributed by atoms with Crippen molar-refractivity contribution in [2.24, 2.45) is 0 Å². The third kappa shape index (κ3) is 5.05. The van der Waals surface area contributed by atoms with Gasteiger partial charge in [-0.2, -0.15) is 0 Å². The number of hydrogen-bond acceptors (Lipinski definition) is 6. The number of esters is 1. The first kappa shape index (κ1) is 21.1. The molecule has 7 heteroatoms. The van der Waals surface area contributed by atoms with Gasteiger partial charge >= 0.3 is 11.6 Å². The van der Waals surface area contributed by atoms with Crippen LogP contribution in [0.1, 0.15) is 34.8 Å². The lowest BCUT2D eigenvalue weighted by Crippen LogP contribution is -2.28. The molecule has 0 aliphatic rings. The number of aryl methyl sites for hydroxylation is 2. The molecule has 3 aromatic rings. The minimum atomic E-state index is -0.752. The van der Waals surface area contributed by atoms with E-state index >= 15 is 0 Å². The van der Waals surface area contributed by atoms with Crippen molar-refractivity contribution in [3.05, 3.63) is 69.6 Å². The van der Waals surface area contributed by atoms with E-state index in [1.165, 1.54) is 12.1 Å². The molecule has 7 nitrogen and oxygen atoms in total. The number of nitrogens with one attached hydrogen (secondary N) is 1. The van der Waals surface area contributed by atoms with Crippen molar-refractivity contribution in [1.29, 1.82) is 0 Å². The van der Waals surface area contributed by atoms with Crippen LogP contribution in [0.5, 0.6) is 11.5 Å². The van der Waals surface area contributed by atoms with Gasteiger partial charge in [0.15, 0.2) is 6.61 Å². The average Bonchev–Trinajstić information content (AvgIpc) is 2.72. The number of carbonyl (C=O) groups excluding carboxylic acids is 2. The lowest BCUT2D eigenvalue weighted by molar-refractivity contribution is -0.136. The molecule has 0 aliphatic carbocycles. The number of hydrogen-bond donors (Lipinski definition) is 1. The number of benzene rings is 2. The summed E-state index contributed by atoms with van der Waals surface area (Å²) in [6.45, 7) is 6.07. The summed E-state index contributed by atoms with van der Waals surface area (Å²) in [6.07, 6.45) is 0.757. The van der Waals surface area contributed by atoms with Crippen LogP contribution in [0.15, 0.2) is 51.7 Å². The van der Waals surface area contributed by atoms with Crippen LogP contribution >= 0.6 is 0 Å². The molecular formula is C23H23NO6. The Kier molecular flexibility index (Phi) is 6.51. The van der Waals surface area contributed by atoms with Gasteiger partial charge in [-0.25, -0.2) is 9.59 Å². The molecule has 2 aromatic carbocycles. The fourth-order valence-corrected chi connectivity index (χ4v) is 2.75. The van der Waals surface area contributed by atoms with Gasteiger partial charge in [0.05, 0.1) is 0 Å². The van der Waals surface area contributed by atoms with E-state index in [2.05, 4.69) is 5.32 Å². The van der Waals surface area contributed by atoms with Crippen LogP contribution in [0.2, 0.25) is 0 Å². The van der Waals surface area contributed by atoms with Crippen molar-refractivity contribution in [2.45, 2.75) is 27.2 Å². The standard InChI is InChI=1S/C23H23NO6/c1-4-9-24-22(26)19-11-16-6-8-18(12-20(16)30-23(19)27)29-21(25)13-28-17-7-5-14(2)15(3)10-17/h5-8,10-12H,4,9,13H2,1-3H3,(H,24,26). The summed E-state index contributed by atoms with van der Waals surface area (Å²) < 4.78 is 16.0. The molecular weight excluding hydrogens is 386 g/mol. The largest absolute Gasteiger partial charge is 0.482 e. The molecule has 0 fully saturated rings. The summed E-state index contributed by atoms with van der Waals surface area (Å²) in [4.78, 5) is 36.3. The zero-order valence-corrected chi connectivity index (χ0v) is 17.1. The van der Waals surface area contributed by atoms with Gasteiger partial charge in [0.25, 0.3) is 5.91 Å². The maximum atomic E-state index is 12.1. The predicted octanol–water partition coefficient (Wildman–Crippen LogP) is 3.53. The summed E-state index contributed by atoms with van der Waals surface area (Å²) >= 11 is 0. The van der Waals surface area contributed by atoms with Crippen molar-refractivity contribution in [1.82, 2.24) is 5.32 Å². The average molecular weight is 409 g/mol. The van der Waals surface area contributed by atoms with Crippen LogP contribution in [0.4, 0.5) is 0 Å². The smallest absolute Gasteiger partial charge is 0.349 e. The molecule has 1 aromatic heterocycles. The maximum Gasteiger partial charge on any atom is 0.349 e. The molecule has 0 aliphatic heterocycles. The molecule has 30 heavy (non-hydrogen) atoms. The van der Waals surface area contributed by atoms with Crippen LogP contribution < -0.4 is 20.4 Å². The van der Waals surface area contributed by atoms with Gasteiger partial charge in [0.1, 0.15) is 22.6 Å². The van der Waals surface area contributed by atoms with E-state index in [4.69, 9.17) is 13.9 Å². The van der Waals surface area contributed by atoms with Gasteiger partial charge in [-0.15, -0.1) is 0 Å². The molecule has 156 valence electrons. The van der Waals surface area contributed by atoms with Gasteiger partial charge in [-0.3, -0.25) is 4.79 Å². The number of ether oxygens (including phenoxy) is 2. The second-order valence-electron chi connectivity index (χ2n) is 6.91. The van der Waals surface area contributed by atoms with Gasteiger partial charge in [0.2, 0.25) is 0 Å². The lowest BCUT2D eigenvalue weighted by Gasteiger charge is -2.09. The zero-order valence-electron chi connectivity index (χ0n) is 17.1. The summed E-state index contributed by atoms with van der Waals surface area (Å²) in [7, 11) is 0. The molecule has 0 radical (unpaired) electrons. The van der Waals surface area contributed by atoms with E-state index in [0.29, 0.717) is 17.7 Å². The highest BCUT2D eigenvalue weighted by molar-refractivity contribution is 5.96. The second-order valence-corrected chi connectivity index (χ2v) is 6.91. The van der Waals surface area contributed by atoms with Crippen LogP contribution in [0.3, 0.4) is 0 Å². The Morgan fingerprint density at radius 1 is 1.00 bits per heavy atom. The third-order valence-electron chi connectivity index (χ3n) is 4.55. The van der Waals surface area contributed by atoms with E-state index < -0.39 is 17.5 Å². The van der Waals surface area contributed by atoms with Crippen LogP contribution in [0, 0.1) is 13.8 Å². The first-order valence-electron chi connectivity index (χ1n) is 9.64. The molecule has 0 saturated heterocycles. The van der Waals surface area contributed by atoms with Crippen molar-refractivity contribution in [3.63, 3.8) is 0 Å². The third-order valence-corrected chi connectivity index (χ3v) is 4.55. The number of fused-ring (bicyclic) bond motifs is 1. The summed E-state index contributed by atoms with van der Waals surface area (Å²) in [5.41, 5.74) is 1.59. The van der Waals surface area contributed by atoms with Gasteiger partial charge in [-0.05, 0) is 61.7 Å². The molecule has 1 amide bonds. The minimum absolute atomic E-state index is 0.0671. The SMILES string of the molecule is CCCNC(=O)c1cc2ccc(OC(=O)COc3ccc(C)c(C)c3)cc2oc1=O. The number of carbonyl (C=O) groups is 2. The Morgan fingerprint density at radius 3 is 2.50 bits per heavy atom. The van der Waals surface area contributed by atoms with Crippen molar-refractivity contribution < 1.29 is 23.5 Å². The van der Waals surface area contributed by atoms with E-state index in [-0.39, 0.29) is 23.5 Å². The van der Waals surface area contributed by atoms with E-state index in [1.807, 2.05) is 32.9 Å². The fourth-order valence-electron chi connectivity index (χ4n) is 2.75. The van der Waals surface area contributed by atoms with Crippen molar-refractivity contribution in [3.8, 4) is 11.5 Å². The number of amides is 1. The first-order chi connectivity index (χ1) is 14.4. The maximum absolute atomic E-state index is 12.1.